The minimum absolute atomic E-state index is 0.0795. The molecule has 2 aliphatic carbocycles. The highest BCUT2D eigenvalue weighted by atomic mass is 19.2. The van der Waals surface area contributed by atoms with Crippen molar-refractivity contribution in [3.8, 4) is 0 Å². The maximum absolute atomic E-state index is 12.9. The summed E-state index contributed by atoms with van der Waals surface area (Å²) in [4.78, 5) is 0. The third-order valence-corrected chi connectivity index (χ3v) is 6.64. The zero-order valence-electron chi connectivity index (χ0n) is 14.5. The lowest BCUT2D eigenvalue weighted by atomic mass is 9.50. The largest absolute Gasteiger partial charge is 0.159 e. The quantitative estimate of drug-likeness (QED) is 0.748. The molecule has 0 spiro atoms. The number of hydrogen-bond acceptors (Lipinski definition) is 1. The van der Waals surface area contributed by atoms with Crippen molar-refractivity contribution in [1.82, 2.24) is 5.54 Å². The van der Waals surface area contributed by atoms with E-state index in [2.05, 4.69) is 45.9 Å². The number of hydrogen-bond donors (Lipinski definition) is 1. The zero-order valence-corrected chi connectivity index (χ0v) is 14.5. The minimum Gasteiger partial charge on any atom is -0.159 e. The summed E-state index contributed by atoms with van der Waals surface area (Å²) < 4.78 is 12.9. The minimum atomic E-state index is 0.0795. The van der Waals surface area contributed by atoms with E-state index in [1.807, 2.05) is 5.54 Å². The van der Waals surface area contributed by atoms with Crippen molar-refractivity contribution in [3.63, 3.8) is 0 Å². The van der Waals surface area contributed by atoms with Crippen LogP contribution in [0.3, 0.4) is 0 Å². The van der Waals surface area contributed by atoms with Crippen LogP contribution >= 0.6 is 0 Å². The predicted octanol–water partition coefficient (Wildman–Crippen LogP) is 5.29. The highest BCUT2D eigenvalue weighted by Crippen LogP contribution is 2.57. The molecular weight excluding hydrogens is 273 g/mol. The van der Waals surface area contributed by atoms with Crippen LogP contribution in [0.25, 0.3) is 0 Å². The highest BCUT2D eigenvalue weighted by molar-refractivity contribution is 5.42. The molecule has 3 rings (SSSR count). The average Bonchev–Trinajstić information content (AvgIpc) is 2.46. The standard InChI is InChI=1S/C20H30FN/c1-14(2)15-6-8-17-16(12-15)7-9-18-19(3,13-22-21)10-5-11-20(17,18)4/h6,8,12,14,18,22H,5,7,9-11,13H2,1-4H3/t18?,19-,20+/m0/s1. The van der Waals surface area contributed by atoms with Crippen LogP contribution in [0.4, 0.5) is 4.48 Å². The van der Waals surface area contributed by atoms with Crippen LogP contribution in [0.5, 0.6) is 0 Å². The molecule has 1 nitrogen and oxygen atoms in total. The Balaban J connectivity index is 2.02. The van der Waals surface area contributed by atoms with E-state index in [1.54, 1.807) is 5.56 Å². The Morgan fingerprint density at radius 2 is 2.05 bits per heavy atom. The molecule has 1 aromatic carbocycles. The fourth-order valence-corrected chi connectivity index (χ4v) is 5.37. The van der Waals surface area contributed by atoms with Crippen molar-refractivity contribution in [2.75, 3.05) is 6.54 Å². The van der Waals surface area contributed by atoms with E-state index in [0.717, 1.165) is 12.8 Å². The molecule has 3 atom stereocenters. The van der Waals surface area contributed by atoms with Crippen LogP contribution < -0.4 is 5.54 Å². The topological polar surface area (TPSA) is 12.0 Å². The third kappa shape index (κ3) is 2.40. The van der Waals surface area contributed by atoms with Crippen LogP contribution in [0, 0.1) is 11.3 Å². The Kier molecular flexibility index (Phi) is 4.09. The molecular formula is C20H30FN. The van der Waals surface area contributed by atoms with Gasteiger partial charge >= 0.3 is 0 Å². The first kappa shape index (κ1) is 16.0. The van der Waals surface area contributed by atoms with Crippen molar-refractivity contribution >= 4 is 0 Å². The summed E-state index contributed by atoms with van der Waals surface area (Å²) in [6, 6.07) is 7.13. The first-order valence-electron chi connectivity index (χ1n) is 8.87. The summed E-state index contributed by atoms with van der Waals surface area (Å²) in [5, 5.41) is 0. The van der Waals surface area contributed by atoms with E-state index in [9.17, 15) is 4.48 Å². The molecule has 0 heterocycles. The monoisotopic (exact) mass is 303 g/mol. The molecule has 122 valence electrons. The van der Waals surface area contributed by atoms with Gasteiger partial charge in [-0.1, -0.05) is 52.3 Å². The van der Waals surface area contributed by atoms with Gasteiger partial charge in [-0.2, -0.15) is 5.54 Å². The SMILES string of the molecule is CC(C)c1ccc2c(c1)CCC1[C@](C)(CNF)CCC[C@]21C. The summed E-state index contributed by atoms with van der Waals surface area (Å²) in [5.74, 6) is 1.16. The number of fused-ring (bicyclic) bond motifs is 3. The van der Waals surface area contributed by atoms with Gasteiger partial charge in [0, 0.05) is 6.54 Å². The van der Waals surface area contributed by atoms with Crippen LogP contribution in [0.15, 0.2) is 18.2 Å². The van der Waals surface area contributed by atoms with Gasteiger partial charge in [-0.05, 0) is 65.0 Å². The van der Waals surface area contributed by atoms with Crippen LogP contribution in [-0.2, 0) is 11.8 Å². The lowest BCUT2D eigenvalue weighted by Crippen LogP contribution is -2.51. The molecule has 1 unspecified atom stereocenters. The van der Waals surface area contributed by atoms with Crippen molar-refractivity contribution in [3.05, 3.63) is 34.9 Å². The average molecular weight is 303 g/mol. The van der Waals surface area contributed by atoms with E-state index < -0.39 is 0 Å². The summed E-state index contributed by atoms with van der Waals surface area (Å²) >= 11 is 0. The number of aryl methyl sites for hydroxylation is 1. The molecule has 2 heteroatoms. The van der Waals surface area contributed by atoms with Crippen molar-refractivity contribution < 1.29 is 4.48 Å². The van der Waals surface area contributed by atoms with E-state index in [-0.39, 0.29) is 10.8 Å². The van der Waals surface area contributed by atoms with Gasteiger partial charge in [-0.15, -0.1) is 4.48 Å². The summed E-state index contributed by atoms with van der Waals surface area (Å²) in [7, 11) is 0. The van der Waals surface area contributed by atoms with Gasteiger partial charge in [0.25, 0.3) is 0 Å². The number of rotatable bonds is 3. The maximum atomic E-state index is 12.9. The van der Waals surface area contributed by atoms with E-state index in [1.165, 1.54) is 30.4 Å². The number of benzene rings is 1. The summed E-state index contributed by atoms with van der Waals surface area (Å²) in [5.41, 5.74) is 6.80. The Morgan fingerprint density at radius 1 is 1.27 bits per heavy atom. The normalized spacial score (nSPS) is 34.4. The van der Waals surface area contributed by atoms with Crippen molar-refractivity contribution in [2.45, 2.75) is 71.1 Å². The smallest absolute Gasteiger partial charge is 0.0316 e. The molecule has 0 aromatic heterocycles. The highest BCUT2D eigenvalue weighted by Gasteiger charge is 2.51. The van der Waals surface area contributed by atoms with Crippen LogP contribution in [-0.4, -0.2) is 6.54 Å². The van der Waals surface area contributed by atoms with Gasteiger partial charge in [0.1, 0.15) is 0 Å². The molecule has 2 aliphatic rings. The second kappa shape index (κ2) is 5.63. The summed E-state index contributed by atoms with van der Waals surface area (Å²) in [6.45, 7) is 9.74. The molecule has 22 heavy (non-hydrogen) atoms. The Hall–Kier alpha value is -0.890. The van der Waals surface area contributed by atoms with Gasteiger partial charge in [0.15, 0.2) is 0 Å². The summed E-state index contributed by atoms with van der Waals surface area (Å²) in [6.07, 6.45) is 5.94. The van der Waals surface area contributed by atoms with E-state index in [0.29, 0.717) is 18.4 Å². The van der Waals surface area contributed by atoms with Crippen molar-refractivity contribution in [1.29, 1.82) is 0 Å². The Morgan fingerprint density at radius 3 is 2.73 bits per heavy atom. The molecule has 1 fully saturated rings. The predicted molar refractivity (Wildman–Crippen MR) is 90.8 cm³/mol. The second-order valence-corrected chi connectivity index (χ2v) is 8.40. The maximum Gasteiger partial charge on any atom is 0.0316 e. The number of halogens is 1. The molecule has 0 amide bonds. The van der Waals surface area contributed by atoms with Gasteiger partial charge in [-0.3, -0.25) is 0 Å². The molecule has 0 radical (unpaired) electrons. The second-order valence-electron chi connectivity index (χ2n) is 8.40. The van der Waals surface area contributed by atoms with E-state index >= 15 is 0 Å². The fourth-order valence-electron chi connectivity index (χ4n) is 5.37. The molecule has 1 N–H and O–H groups in total. The van der Waals surface area contributed by atoms with Crippen LogP contribution in [0.1, 0.15) is 76.0 Å². The molecule has 0 bridgehead atoms. The lowest BCUT2D eigenvalue weighted by molar-refractivity contribution is 0.0138. The Bertz CT molecular complexity index is 549. The molecule has 0 aliphatic heterocycles. The number of nitrogens with one attached hydrogen (secondary N) is 1. The van der Waals surface area contributed by atoms with E-state index in [4.69, 9.17) is 0 Å². The van der Waals surface area contributed by atoms with Gasteiger partial charge < -0.3 is 0 Å². The van der Waals surface area contributed by atoms with Gasteiger partial charge in [-0.25, -0.2) is 0 Å². The molecule has 0 saturated heterocycles. The van der Waals surface area contributed by atoms with Gasteiger partial charge in [0.05, 0.1) is 0 Å². The first-order valence-corrected chi connectivity index (χ1v) is 8.87. The van der Waals surface area contributed by atoms with Crippen molar-refractivity contribution in [2.24, 2.45) is 11.3 Å². The first-order chi connectivity index (χ1) is 10.4. The third-order valence-electron chi connectivity index (χ3n) is 6.64. The lowest BCUT2D eigenvalue weighted by Gasteiger charge is -2.55. The molecule has 1 saturated carbocycles. The van der Waals surface area contributed by atoms with Gasteiger partial charge in [0.2, 0.25) is 0 Å². The Labute approximate surface area is 134 Å². The van der Waals surface area contributed by atoms with Crippen LogP contribution in [0.2, 0.25) is 0 Å². The molecule has 1 aromatic rings. The zero-order chi connectivity index (χ0) is 16.0. The fraction of sp³-hybridized carbons (Fsp3) is 0.700.